The molecule has 1 nitrogen and oxygen atoms in total. The van der Waals surface area contributed by atoms with Gasteiger partial charge in [0, 0.05) is 28.4 Å². The molecule has 0 amide bonds. The van der Waals surface area contributed by atoms with Crippen LogP contribution in [0.3, 0.4) is 0 Å². The molecule has 1 heteroatoms. The van der Waals surface area contributed by atoms with Crippen molar-refractivity contribution in [3.05, 3.63) is 179 Å². The lowest BCUT2D eigenvalue weighted by atomic mass is 9.95. The third-order valence-electron chi connectivity index (χ3n) is 8.22. The van der Waals surface area contributed by atoms with Gasteiger partial charge >= 0.3 is 0 Å². The van der Waals surface area contributed by atoms with Gasteiger partial charge < -0.3 is 4.57 Å². The van der Waals surface area contributed by atoms with Gasteiger partial charge in [-0.25, -0.2) is 0 Å². The SMILES string of the molecule is CCn1c2ccccc2c2ccc(-c3ccc(/C=C/c4ccc(C=C(c5ccccc5)c5ccccc5)cc4)cc3)cc21. The molecule has 1 heterocycles. The van der Waals surface area contributed by atoms with E-state index in [2.05, 4.69) is 181 Å². The number of aromatic nitrogens is 1. The average molecular weight is 552 g/mol. The highest BCUT2D eigenvalue weighted by Gasteiger charge is 2.10. The molecule has 0 N–H and O–H groups in total. The van der Waals surface area contributed by atoms with Crippen LogP contribution in [-0.4, -0.2) is 4.57 Å². The van der Waals surface area contributed by atoms with Gasteiger partial charge in [0.2, 0.25) is 0 Å². The lowest BCUT2D eigenvalue weighted by Crippen LogP contribution is -1.92. The summed E-state index contributed by atoms with van der Waals surface area (Å²) in [7, 11) is 0. The molecule has 0 aliphatic heterocycles. The number of para-hydroxylation sites is 1. The van der Waals surface area contributed by atoms with Crippen LogP contribution in [0.4, 0.5) is 0 Å². The lowest BCUT2D eigenvalue weighted by Gasteiger charge is -2.09. The van der Waals surface area contributed by atoms with E-state index in [-0.39, 0.29) is 0 Å². The highest BCUT2D eigenvalue weighted by Crippen LogP contribution is 2.33. The molecule has 0 saturated heterocycles. The Balaban J connectivity index is 1.10. The quantitative estimate of drug-likeness (QED) is 0.174. The van der Waals surface area contributed by atoms with Crippen LogP contribution in [0.2, 0.25) is 0 Å². The van der Waals surface area contributed by atoms with Crippen LogP contribution in [0.25, 0.3) is 56.7 Å². The van der Waals surface area contributed by atoms with Crippen LogP contribution in [0.1, 0.15) is 34.7 Å². The van der Waals surface area contributed by atoms with Crippen molar-refractivity contribution in [2.24, 2.45) is 0 Å². The van der Waals surface area contributed by atoms with Crippen LogP contribution in [0.5, 0.6) is 0 Å². The first-order chi connectivity index (χ1) is 21.3. The number of aryl methyl sites for hydroxylation is 1. The molecule has 0 fully saturated rings. The van der Waals surface area contributed by atoms with Crippen molar-refractivity contribution in [3.63, 3.8) is 0 Å². The Morgan fingerprint density at radius 2 is 1.00 bits per heavy atom. The van der Waals surface area contributed by atoms with Gasteiger partial charge in [-0.15, -0.1) is 0 Å². The molecule has 0 spiro atoms. The van der Waals surface area contributed by atoms with Gasteiger partial charge in [0.1, 0.15) is 0 Å². The second-order valence-corrected chi connectivity index (χ2v) is 10.9. The second-order valence-electron chi connectivity index (χ2n) is 10.9. The molecule has 0 saturated carbocycles. The smallest absolute Gasteiger partial charge is 0.0497 e. The topological polar surface area (TPSA) is 4.93 Å². The standard InChI is InChI=1S/C42H33N/c1-2-43-41-16-10-9-15-38(41)39-28-27-37(30-42(39)43)34-25-23-32(24-26-34)18-17-31-19-21-33(22-20-31)29-40(35-11-5-3-6-12-35)36-13-7-4-8-14-36/h3-30H,2H2,1H3/b18-17+. The van der Waals surface area contributed by atoms with Crippen molar-refractivity contribution in [3.8, 4) is 11.1 Å². The Hall–Kier alpha value is -5.40. The summed E-state index contributed by atoms with van der Waals surface area (Å²) < 4.78 is 2.41. The Kier molecular flexibility index (Phi) is 7.29. The second kappa shape index (κ2) is 11.8. The molecule has 43 heavy (non-hydrogen) atoms. The maximum absolute atomic E-state index is 2.41. The predicted molar refractivity (Wildman–Crippen MR) is 186 cm³/mol. The van der Waals surface area contributed by atoms with Crippen LogP contribution in [0.15, 0.2) is 152 Å². The van der Waals surface area contributed by atoms with E-state index in [0.717, 1.165) is 6.54 Å². The molecular weight excluding hydrogens is 518 g/mol. The van der Waals surface area contributed by atoms with Crippen molar-refractivity contribution >= 4 is 45.6 Å². The minimum absolute atomic E-state index is 0.954. The summed E-state index contributed by atoms with van der Waals surface area (Å²) in [6.07, 6.45) is 6.64. The number of fused-ring (bicyclic) bond motifs is 3. The molecular formula is C42H33N. The zero-order chi connectivity index (χ0) is 29.0. The molecule has 0 atom stereocenters. The number of hydrogen-bond donors (Lipinski definition) is 0. The van der Waals surface area contributed by atoms with Crippen molar-refractivity contribution < 1.29 is 0 Å². The molecule has 7 rings (SSSR count). The van der Waals surface area contributed by atoms with E-state index in [9.17, 15) is 0 Å². The van der Waals surface area contributed by atoms with Crippen LogP contribution in [-0.2, 0) is 6.54 Å². The summed E-state index contributed by atoms with van der Waals surface area (Å²) in [5.74, 6) is 0. The molecule has 0 bridgehead atoms. The number of benzene rings is 6. The molecule has 0 aliphatic rings. The largest absolute Gasteiger partial charge is 0.341 e. The Morgan fingerprint density at radius 3 is 1.63 bits per heavy atom. The molecule has 0 unspecified atom stereocenters. The zero-order valence-electron chi connectivity index (χ0n) is 24.3. The van der Waals surface area contributed by atoms with E-state index < -0.39 is 0 Å². The normalized spacial score (nSPS) is 11.4. The Morgan fingerprint density at radius 1 is 0.488 bits per heavy atom. The van der Waals surface area contributed by atoms with Gasteiger partial charge in [-0.3, -0.25) is 0 Å². The molecule has 206 valence electrons. The van der Waals surface area contributed by atoms with E-state index in [1.807, 2.05) is 0 Å². The highest BCUT2D eigenvalue weighted by atomic mass is 15.0. The lowest BCUT2D eigenvalue weighted by molar-refractivity contribution is 0.827. The van der Waals surface area contributed by atoms with E-state index >= 15 is 0 Å². The van der Waals surface area contributed by atoms with E-state index in [4.69, 9.17) is 0 Å². The maximum Gasteiger partial charge on any atom is 0.0497 e. The summed E-state index contributed by atoms with van der Waals surface area (Å²) in [5.41, 5.74) is 12.3. The molecule has 0 aliphatic carbocycles. The van der Waals surface area contributed by atoms with Gasteiger partial charge in [-0.2, -0.15) is 0 Å². The fourth-order valence-electron chi connectivity index (χ4n) is 5.99. The van der Waals surface area contributed by atoms with Gasteiger partial charge in [0.15, 0.2) is 0 Å². The minimum atomic E-state index is 0.954. The van der Waals surface area contributed by atoms with Gasteiger partial charge in [-0.1, -0.05) is 152 Å². The van der Waals surface area contributed by atoms with Crippen LogP contribution >= 0.6 is 0 Å². The van der Waals surface area contributed by atoms with E-state index in [0.29, 0.717) is 0 Å². The predicted octanol–water partition coefficient (Wildman–Crippen LogP) is 11.2. The van der Waals surface area contributed by atoms with Crippen molar-refractivity contribution in [2.75, 3.05) is 0 Å². The summed E-state index contributed by atoms with van der Waals surface area (Å²) in [5, 5.41) is 2.64. The summed E-state index contributed by atoms with van der Waals surface area (Å²) in [6.45, 7) is 3.17. The molecule has 0 radical (unpaired) electrons. The summed E-state index contributed by atoms with van der Waals surface area (Å²) in [6, 6.07) is 54.4. The number of nitrogens with zero attached hydrogens (tertiary/aromatic N) is 1. The molecule has 1 aromatic heterocycles. The van der Waals surface area contributed by atoms with Crippen LogP contribution < -0.4 is 0 Å². The van der Waals surface area contributed by atoms with Gasteiger partial charge in [0.25, 0.3) is 0 Å². The first-order valence-corrected chi connectivity index (χ1v) is 15.0. The fourth-order valence-corrected chi connectivity index (χ4v) is 5.99. The fraction of sp³-hybridized carbons (Fsp3) is 0.0476. The van der Waals surface area contributed by atoms with E-state index in [1.54, 1.807) is 0 Å². The third kappa shape index (κ3) is 5.46. The maximum atomic E-state index is 2.41. The Bertz CT molecular complexity index is 2020. The molecule has 7 aromatic rings. The van der Waals surface area contributed by atoms with Crippen LogP contribution in [0, 0.1) is 0 Å². The third-order valence-corrected chi connectivity index (χ3v) is 8.22. The Labute approximate surface area is 253 Å². The molecule has 6 aromatic carbocycles. The summed E-state index contributed by atoms with van der Waals surface area (Å²) in [4.78, 5) is 0. The number of hydrogen-bond acceptors (Lipinski definition) is 0. The minimum Gasteiger partial charge on any atom is -0.341 e. The zero-order valence-corrected chi connectivity index (χ0v) is 24.3. The van der Waals surface area contributed by atoms with Gasteiger partial charge in [-0.05, 0) is 69.6 Å². The van der Waals surface area contributed by atoms with E-state index in [1.165, 1.54) is 66.3 Å². The number of rotatable bonds is 7. The monoisotopic (exact) mass is 551 g/mol. The first-order valence-electron chi connectivity index (χ1n) is 15.0. The van der Waals surface area contributed by atoms with Crippen molar-refractivity contribution in [1.29, 1.82) is 0 Å². The average Bonchev–Trinajstić information content (AvgIpc) is 3.40. The van der Waals surface area contributed by atoms with Crippen molar-refractivity contribution in [2.45, 2.75) is 13.5 Å². The highest BCUT2D eigenvalue weighted by molar-refractivity contribution is 6.09. The van der Waals surface area contributed by atoms with Gasteiger partial charge in [0.05, 0.1) is 0 Å². The first kappa shape index (κ1) is 26.5. The summed E-state index contributed by atoms with van der Waals surface area (Å²) >= 11 is 0. The van der Waals surface area contributed by atoms with Crippen molar-refractivity contribution in [1.82, 2.24) is 4.57 Å².